The van der Waals surface area contributed by atoms with Crippen LogP contribution in [0.5, 0.6) is 0 Å². The van der Waals surface area contributed by atoms with Gasteiger partial charge in [0.2, 0.25) is 6.08 Å². The SMILES string of the molecule is CCC(C)C1C=CC=C(N=C=O)C1C. The van der Waals surface area contributed by atoms with Crippen molar-refractivity contribution in [2.75, 3.05) is 0 Å². The van der Waals surface area contributed by atoms with Gasteiger partial charge in [0.1, 0.15) is 0 Å². The first-order valence-electron chi connectivity index (χ1n) is 5.17. The number of rotatable bonds is 3. The zero-order valence-electron chi connectivity index (χ0n) is 9.03. The molecule has 0 radical (unpaired) electrons. The molecule has 0 aromatic rings. The summed E-state index contributed by atoms with van der Waals surface area (Å²) in [5.41, 5.74) is 0.854. The van der Waals surface area contributed by atoms with Gasteiger partial charge in [-0.1, -0.05) is 39.3 Å². The first-order valence-corrected chi connectivity index (χ1v) is 5.17. The third-order valence-corrected chi connectivity index (χ3v) is 3.12. The van der Waals surface area contributed by atoms with E-state index in [4.69, 9.17) is 0 Å². The van der Waals surface area contributed by atoms with Crippen molar-refractivity contribution in [3.05, 3.63) is 23.9 Å². The molecule has 0 aliphatic heterocycles. The Morgan fingerprint density at radius 2 is 2.36 bits per heavy atom. The number of hydrogen-bond acceptors (Lipinski definition) is 2. The summed E-state index contributed by atoms with van der Waals surface area (Å²) in [5, 5.41) is 0. The molecule has 76 valence electrons. The normalized spacial score (nSPS) is 27.8. The van der Waals surface area contributed by atoms with Gasteiger partial charge in [-0.2, -0.15) is 4.99 Å². The summed E-state index contributed by atoms with van der Waals surface area (Å²) in [5.74, 6) is 1.46. The van der Waals surface area contributed by atoms with E-state index in [-0.39, 0.29) is 0 Å². The highest BCUT2D eigenvalue weighted by Gasteiger charge is 2.24. The lowest BCUT2D eigenvalue weighted by molar-refractivity contribution is 0.334. The molecule has 0 aromatic carbocycles. The Hall–Kier alpha value is -1.14. The largest absolute Gasteiger partial charge is 0.240 e. The zero-order chi connectivity index (χ0) is 10.6. The number of carbonyl (C=O) groups excluding carboxylic acids is 1. The van der Waals surface area contributed by atoms with Gasteiger partial charge in [0.15, 0.2) is 0 Å². The second-order valence-electron chi connectivity index (χ2n) is 3.93. The van der Waals surface area contributed by atoms with Gasteiger partial charge >= 0.3 is 0 Å². The monoisotopic (exact) mass is 191 g/mol. The first kappa shape index (κ1) is 10.9. The van der Waals surface area contributed by atoms with Crippen LogP contribution < -0.4 is 0 Å². The highest BCUT2D eigenvalue weighted by Crippen LogP contribution is 2.33. The van der Waals surface area contributed by atoms with Crippen LogP contribution in [-0.2, 0) is 4.79 Å². The lowest BCUT2D eigenvalue weighted by Gasteiger charge is -2.28. The molecule has 3 unspecified atom stereocenters. The second kappa shape index (κ2) is 4.92. The van der Waals surface area contributed by atoms with Crippen LogP contribution in [0.3, 0.4) is 0 Å². The van der Waals surface area contributed by atoms with Gasteiger partial charge in [-0.05, 0) is 17.9 Å². The molecule has 0 N–H and O–H groups in total. The molecule has 1 rings (SSSR count). The van der Waals surface area contributed by atoms with Crippen LogP contribution in [0, 0.1) is 17.8 Å². The molecule has 0 heterocycles. The Labute approximate surface area is 85.4 Å². The van der Waals surface area contributed by atoms with Crippen LogP contribution in [-0.4, -0.2) is 6.08 Å². The molecule has 0 fully saturated rings. The van der Waals surface area contributed by atoms with Crippen LogP contribution in [0.2, 0.25) is 0 Å². The fourth-order valence-electron chi connectivity index (χ4n) is 1.94. The molecule has 3 atom stereocenters. The van der Waals surface area contributed by atoms with Crippen molar-refractivity contribution in [2.24, 2.45) is 22.7 Å². The van der Waals surface area contributed by atoms with Crippen molar-refractivity contribution in [1.82, 2.24) is 0 Å². The Morgan fingerprint density at radius 3 is 2.93 bits per heavy atom. The summed E-state index contributed by atoms with van der Waals surface area (Å²) < 4.78 is 0. The highest BCUT2D eigenvalue weighted by molar-refractivity contribution is 5.39. The maximum atomic E-state index is 10.2. The van der Waals surface area contributed by atoms with Gasteiger partial charge in [-0.3, -0.25) is 0 Å². The van der Waals surface area contributed by atoms with Crippen LogP contribution in [0.25, 0.3) is 0 Å². The summed E-state index contributed by atoms with van der Waals surface area (Å²) in [7, 11) is 0. The standard InChI is InChI=1S/C12H17NO/c1-4-9(2)11-6-5-7-12(10(11)3)13-8-14/h5-7,9-11H,4H2,1-3H3. The Balaban J connectivity index is 2.82. The van der Waals surface area contributed by atoms with Crippen molar-refractivity contribution in [3.63, 3.8) is 0 Å². The van der Waals surface area contributed by atoms with Crippen LogP contribution >= 0.6 is 0 Å². The number of nitrogens with zero attached hydrogens (tertiary/aromatic N) is 1. The molecule has 0 amide bonds. The van der Waals surface area contributed by atoms with Crippen molar-refractivity contribution < 1.29 is 4.79 Å². The van der Waals surface area contributed by atoms with Gasteiger partial charge < -0.3 is 0 Å². The maximum absolute atomic E-state index is 10.2. The smallest absolute Gasteiger partial charge is 0.211 e. The van der Waals surface area contributed by atoms with E-state index in [0.29, 0.717) is 17.8 Å². The third-order valence-electron chi connectivity index (χ3n) is 3.12. The van der Waals surface area contributed by atoms with Gasteiger partial charge in [-0.25, -0.2) is 4.79 Å². The minimum atomic E-state index is 0.330. The fraction of sp³-hybridized carbons (Fsp3) is 0.583. The van der Waals surface area contributed by atoms with Crippen LogP contribution in [0.15, 0.2) is 28.9 Å². The Bertz CT molecular complexity index is 297. The highest BCUT2D eigenvalue weighted by atomic mass is 16.1. The molecule has 0 saturated heterocycles. The van der Waals surface area contributed by atoms with Crippen LogP contribution in [0.1, 0.15) is 27.2 Å². The quantitative estimate of drug-likeness (QED) is 0.498. The molecular formula is C12H17NO. The topological polar surface area (TPSA) is 29.4 Å². The first-order chi connectivity index (χ1) is 6.70. The van der Waals surface area contributed by atoms with E-state index in [1.807, 2.05) is 12.2 Å². The molecule has 0 saturated carbocycles. The lowest BCUT2D eigenvalue weighted by Crippen LogP contribution is -2.20. The summed E-state index contributed by atoms with van der Waals surface area (Å²) >= 11 is 0. The minimum absolute atomic E-state index is 0.330. The van der Waals surface area contributed by atoms with Crippen molar-refractivity contribution in [1.29, 1.82) is 0 Å². The number of isocyanates is 1. The van der Waals surface area contributed by atoms with E-state index >= 15 is 0 Å². The molecule has 1 aliphatic carbocycles. The van der Waals surface area contributed by atoms with Gasteiger partial charge in [0.05, 0.1) is 5.70 Å². The summed E-state index contributed by atoms with van der Waals surface area (Å²) in [4.78, 5) is 13.9. The van der Waals surface area contributed by atoms with E-state index in [1.165, 1.54) is 0 Å². The molecule has 0 spiro atoms. The van der Waals surface area contributed by atoms with Gasteiger partial charge in [0, 0.05) is 5.92 Å². The molecule has 0 bridgehead atoms. The van der Waals surface area contributed by atoms with E-state index in [2.05, 4.69) is 31.8 Å². The van der Waals surface area contributed by atoms with Gasteiger partial charge in [0.25, 0.3) is 0 Å². The summed E-state index contributed by atoms with van der Waals surface area (Å²) in [6.45, 7) is 6.54. The molecule has 1 aliphatic rings. The number of aliphatic imine (C=N–C) groups is 1. The van der Waals surface area contributed by atoms with E-state index in [0.717, 1.165) is 12.1 Å². The number of hydrogen-bond donors (Lipinski definition) is 0. The lowest BCUT2D eigenvalue weighted by atomic mass is 9.78. The van der Waals surface area contributed by atoms with Crippen LogP contribution in [0.4, 0.5) is 0 Å². The molecule has 2 heteroatoms. The second-order valence-corrected chi connectivity index (χ2v) is 3.93. The minimum Gasteiger partial charge on any atom is -0.211 e. The Morgan fingerprint density at radius 1 is 1.64 bits per heavy atom. The van der Waals surface area contributed by atoms with E-state index in [9.17, 15) is 4.79 Å². The maximum Gasteiger partial charge on any atom is 0.240 e. The third kappa shape index (κ3) is 2.21. The van der Waals surface area contributed by atoms with Crippen molar-refractivity contribution >= 4 is 6.08 Å². The average Bonchev–Trinajstić information content (AvgIpc) is 2.20. The molecule has 0 aromatic heterocycles. The summed E-state index contributed by atoms with van der Waals surface area (Å²) in [6, 6.07) is 0. The molecule has 14 heavy (non-hydrogen) atoms. The van der Waals surface area contributed by atoms with Gasteiger partial charge in [-0.15, -0.1) is 0 Å². The predicted octanol–water partition coefficient (Wildman–Crippen LogP) is 3.07. The average molecular weight is 191 g/mol. The zero-order valence-corrected chi connectivity index (χ0v) is 9.03. The fourth-order valence-corrected chi connectivity index (χ4v) is 1.94. The molecule has 2 nitrogen and oxygen atoms in total. The number of allylic oxidation sites excluding steroid dienone is 4. The predicted molar refractivity (Wildman–Crippen MR) is 57.5 cm³/mol. The molecular weight excluding hydrogens is 174 g/mol. The van der Waals surface area contributed by atoms with E-state index < -0.39 is 0 Å². The van der Waals surface area contributed by atoms with Crippen molar-refractivity contribution in [2.45, 2.75) is 27.2 Å². The van der Waals surface area contributed by atoms with Crippen molar-refractivity contribution in [3.8, 4) is 0 Å². The van der Waals surface area contributed by atoms with E-state index in [1.54, 1.807) is 6.08 Å². The summed E-state index contributed by atoms with van der Waals surface area (Å²) in [6.07, 6.45) is 8.87. The Kier molecular flexibility index (Phi) is 3.84.